The number of carbonyl (C=O) groups is 1. The first-order chi connectivity index (χ1) is 10.8. The van der Waals surface area contributed by atoms with Crippen molar-refractivity contribution < 1.29 is 9.53 Å². The molecule has 1 aliphatic heterocycles. The highest BCUT2D eigenvalue weighted by Crippen LogP contribution is 2.48. The van der Waals surface area contributed by atoms with Crippen LogP contribution in [0.2, 0.25) is 0 Å². The highest BCUT2D eigenvalue weighted by atomic mass is 16.5. The van der Waals surface area contributed by atoms with Crippen molar-refractivity contribution in [1.82, 2.24) is 14.9 Å². The summed E-state index contributed by atoms with van der Waals surface area (Å²) in [6.07, 6.45) is 6.21. The quantitative estimate of drug-likeness (QED) is 0.944. The van der Waals surface area contributed by atoms with E-state index in [1.54, 1.807) is 6.33 Å². The topological polar surface area (TPSA) is 56.2 Å². The van der Waals surface area contributed by atoms with Crippen molar-refractivity contribution >= 4 is 16.9 Å². The van der Waals surface area contributed by atoms with Crippen LogP contribution in [0.3, 0.4) is 0 Å². The van der Waals surface area contributed by atoms with Crippen LogP contribution in [0.15, 0.2) is 30.6 Å². The molecule has 2 heterocycles. The number of fused-ring (bicyclic) bond motifs is 1. The number of nitrogens with one attached hydrogen (secondary N) is 1. The lowest BCUT2D eigenvalue weighted by Crippen LogP contribution is -2.57. The summed E-state index contributed by atoms with van der Waals surface area (Å²) < 4.78 is 7.38. The summed E-state index contributed by atoms with van der Waals surface area (Å²) in [5.41, 5.74) is 2.23. The van der Waals surface area contributed by atoms with Crippen LogP contribution in [0.4, 0.5) is 0 Å². The Bertz CT molecular complexity index is 688. The van der Waals surface area contributed by atoms with E-state index in [0.29, 0.717) is 18.0 Å². The lowest BCUT2D eigenvalue weighted by Gasteiger charge is -2.52. The number of nitrogens with zero attached hydrogens (tertiary/aromatic N) is 2. The van der Waals surface area contributed by atoms with Gasteiger partial charge in [-0.05, 0) is 43.2 Å². The molecule has 1 unspecified atom stereocenters. The zero-order valence-electron chi connectivity index (χ0n) is 12.6. The Morgan fingerprint density at radius 1 is 1.32 bits per heavy atom. The van der Waals surface area contributed by atoms with E-state index in [1.807, 2.05) is 28.8 Å². The van der Waals surface area contributed by atoms with Gasteiger partial charge in [-0.15, -0.1) is 0 Å². The molecule has 22 heavy (non-hydrogen) atoms. The van der Waals surface area contributed by atoms with E-state index in [0.717, 1.165) is 43.5 Å². The first kappa shape index (κ1) is 13.8. The lowest BCUT2D eigenvalue weighted by molar-refractivity contribution is -0.127. The molecule has 2 aliphatic rings. The van der Waals surface area contributed by atoms with Crippen molar-refractivity contribution in [3.8, 4) is 0 Å². The maximum atomic E-state index is 12.4. The standard InChI is InChI=1S/C17H21N3O2/c21-16(11-20-12-18-13-3-1-2-4-14(13)20)19-15-5-6-17(15)7-9-22-10-8-17/h1-4,12,15H,5-11H2,(H,19,21). The minimum Gasteiger partial charge on any atom is -0.381 e. The van der Waals surface area contributed by atoms with Crippen LogP contribution in [0.25, 0.3) is 11.0 Å². The molecule has 5 heteroatoms. The van der Waals surface area contributed by atoms with Crippen LogP contribution in [0.1, 0.15) is 25.7 Å². The van der Waals surface area contributed by atoms with Crippen molar-refractivity contribution in [2.45, 2.75) is 38.3 Å². The van der Waals surface area contributed by atoms with Crippen LogP contribution in [0, 0.1) is 5.41 Å². The van der Waals surface area contributed by atoms with Crippen molar-refractivity contribution in [1.29, 1.82) is 0 Å². The van der Waals surface area contributed by atoms with Crippen molar-refractivity contribution in [2.75, 3.05) is 13.2 Å². The molecule has 1 N–H and O–H groups in total. The molecule has 4 rings (SSSR count). The predicted molar refractivity (Wildman–Crippen MR) is 83.4 cm³/mol. The number of hydrogen-bond acceptors (Lipinski definition) is 3. The van der Waals surface area contributed by atoms with Crippen LogP contribution >= 0.6 is 0 Å². The number of amides is 1. The second-order valence-electron chi connectivity index (χ2n) is 6.49. The second kappa shape index (κ2) is 5.39. The molecule has 5 nitrogen and oxygen atoms in total. The highest BCUT2D eigenvalue weighted by molar-refractivity contribution is 5.80. The van der Waals surface area contributed by atoms with Crippen molar-refractivity contribution in [2.24, 2.45) is 5.41 Å². The van der Waals surface area contributed by atoms with E-state index < -0.39 is 0 Å². The van der Waals surface area contributed by atoms with Crippen molar-refractivity contribution in [3.05, 3.63) is 30.6 Å². The van der Waals surface area contributed by atoms with Gasteiger partial charge in [-0.3, -0.25) is 4.79 Å². The molecule has 2 fully saturated rings. The number of imidazole rings is 1. The molecule has 1 saturated heterocycles. The minimum absolute atomic E-state index is 0.0821. The second-order valence-corrected chi connectivity index (χ2v) is 6.49. The van der Waals surface area contributed by atoms with Gasteiger partial charge in [0.05, 0.1) is 17.4 Å². The SMILES string of the molecule is O=C(Cn1cnc2ccccc21)NC1CCC12CCOCC2. The number of benzene rings is 1. The summed E-state index contributed by atoms with van der Waals surface area (Å²) in [5, 5.41) is 3.24. The van der Waals surface area contributed by atoms with E-state index >= 15 is 0 Å². The fourth-order valence-corrected chi connectivity index (χ4v) is 3.83. The molecule has 1 spiro atoms. The van der Waals surface area contributed by atoms with E-state index in [4.69, 9.17) is 4.74 Å². The first-order valence-corrected chi connectivity index (χ1v) is 8.04. The fourth-order valence-electron chi connectivity index (χ4n) is 3.83. The number of hydrogen-bond donors (Lipinski definition) is 1. The summed E-state index contributed by atoms with van der Waals surface area (Å²) >= 11 is 0. The van der Waals surface area contributed by atoms with Gasteiger partial charge in [0.1, 0.15) is 6.54 Å². The van der Waals surface area contributed by atoms with Crippen molar-refractivity contribution in [3.63, 3.8) is 0 Å². The maximum absolute atomic E-state index is 12.4. The third-order valence-electron chi connectivity index (χ3n) is 5.34. The number of ether oxygens (including phenoxy) is 1. The maximum Gasteiger partial charge on any atom is 0.240 e. The summed E-state index contributed by atoms with van der Waals surface area (Å²) in [4.78, 5) is 16.7. The lowest BCUT2D eigenvalue weighted by atomic mass is 9.60. The largest absolute Gasteiger partial charge is 0.381 e. The van der Waals surface area contributed by atoms with E-state index in [2.05, 4.69) is 10.3 Å². The Morgan fingerprint density at radius 2 is 2.14 bits per heavy atom. The number of carbonyl (C=O) groups excluding carboxylic acids is 1. The van der Waals surface area contributed by atoms with Crippen LogP contribution < -0.4 is 5.32 Å². The predicted octanol–water partition coefficient (Wildman–Crippen LogP) is 2.11. The van der Waals surface area contributed by atoms with Crippen LogP contribution in [0.5, 0.6) is 0 Å². The van der Waals surface area contributed by atoms with E-state index in [1.165, 1.54) is 6.42 Å². The molecule has 1 aromatic heterocycles. The summed E-state index contributed by atoms with van der Waals surface area (Å²) in [5.74, 6) is 0.0821. The van der Waals surface area contributed by atoms with Gasteiger partial charge in [-0.25, -0.2) is 4.98 Å². The van der Waals surface area contributed by atoms with Crippen LogP contribution in [-0.4, -0.2) is 34.7 Å². The van der Waals surface area contributed by atoms with Gasteiger partial charge in [0.25, 0.3) is 0 Å². The Labute approximate surface area is 129 Å². The van der Waals surface area contributed by atoms with E-state index in [9.17, 15) is 4.79 Å². The normalized spacial score (nSPS) is 23.4. The van der Waals surface area contributed by atoms with Gasteiger partial charge in [-0.1, -0.05) is 12.1 Å². The number of para-hydroxylation sites is 2. The zero-order valence-corrected chi connectivity index (χ0v) is 12.6. The molecule has 2 aromatic rings. The first-order valence-electron chi connectivity index (χ1n) is 8.04. The molecular weight excluding hydrogens is 278 g/mol. The third kappa shape index (κ3) is 2.29. The monoisotopic (exact) mass is 299 g/mol. The third-order valence-corrected chi connectivity index (χ3v) is 5.34. The fraction of sp³-hybridized carbons (Fsp3) is 0.529. The Hall–Kier alpha value is -1.88. The summed E-state index contributed by atoms with van der Waals surface area (Å²) in [6, 6.07) is 8.22. The molecule has 1 atom stereocenters. The Morgan fingerprint density at radius 3 is 2.91 bits per heavy atom. The van der Waals surface area contributed by atoms with Gasteiger partial charge in [-0.2, -0.15) is 0 Å². The number of aromatic nitrogens is 2. The van der Waals surface area contributed by atoms with E-state index in [-0.39, 0.29) is 5.91 Å². The molecule has 1 aliphatic carbocycles. The molecule has 1 aromatic carbocycles. The Kier molecular flexibility index (Phi) is 3.37. The molecule has 1 amide bonds. The zero-order chi connectivity index (χ0) is 15.0. The van der Waals surface area contributed by atoms with Gasteiger partial charge in [0.2, 0.25) is 5.91 Å². The highest BCUT2D eigenvalue weighted by Gasteiger charge is 2.47. The molecule has 0 radical (unpaired) electrons. The van der Waals surface area contributed by atoms with Gasteiger partial charge >= 0.3 is 0 Å². The number of rotatable bonds is 3. The summed E-state index contributed by atoms with van der Waals surface area (Å²) in [7, 11) is 0. The smallest absolute Gasteiger partial charge is 0.240 e. The molecule has 116 valence electrons. The Balaban J connectivity index is 1.42. The van der Waals surface area contributed by atoms with Crippen LogP contribution in [-0.2, 0) is 16.1 Å². The van der Waals surface area contributed by atoms with Gasteiger partial charge < -0.3 is 14.6 Å². The molecule has 0 bridgehead atoms. The van der Waals surface area contributed by atoms with Gasteiger partial charge in [0.15, 0.2) is 0 Å². The average molecular weight is 299 g/mol. The van der Waals surface area contributed by atoms with Gasteiger partial charge in [0, 0.05) is 19.3 Å². The minimum atomic E-state index is 0.0821. The summed E-state index contributed by atoms with van der Waals surface area (Å²) in [6.45, 7) is 2.00. The molecular formula is C17H21N3O2. The molecule has 1 saturated carbocycles. The average Bonchev–Trinajstić information content (AvgIpc) is 2.96.